The Morgan fingerprint density at radius 1 is 1.73 bits per heavy atom. The highest BCUT2D eigenvalue weighted by atomic mass is 35.5. The summed E-state index contributed by atoms with van der Waals surface area (Å²) >= 11 is 5.92. The molecular formula is C9H10ClN. The lowest BCUT2D eigenvalue weighted by Gasteiger charge is -2.15. The molecule has 0 bridgehead atoms. The van der Waals surface area contributed by atoms with Crippen LogP contribution in [-0.2, 0) is 0 Å². The molecule has 58 valence electrons. The first-order chi connectivity index (χ1) is 5.24. The lowest BCUT2D eigenvalue weighted by Crippen LogP contribution is -2.09. The Hall–Kier alpha value is -0.740. The Labute approximate surface area is 72.0 Å². The van der Waals surface area contributed by atoms with Crippen LogP contribution in [0.1, 0.15) is 13.3 Å². The van der Waals surface area contributed by atoms with E-state index in [1.165, 1.54) is 0 Å². The van der Waals surface area contributed by atoms with E-state index >= 15 is 0 Å². The van der Waals surface area contributed by atoms with Gasteiger partial charge in [-0.15, -0.1) is 11.6 Å². The summed E-state index contributed by atoms with van der Waals surface area (Å²) in [6, 6.07) is 2.11. The molecule has 0 aliphatic heterocycles. The standard InChI is InChI=1S/C9H10ClN/c1-7-6-8(4-5-11)2-3-9(7)10/h2-3,6-7,9H,4H2,1H3. The Kier molecular flexibility index (Phi) is 2.73. The van der Waals surface area contributed by atoms with E-state index in [4.69, 9.17) is 16.9 Å². The van der Waals surface area contributed by atoms with Gasteiger partial charge in [0.25, 0.3) is 0 Å². The van der Waals surface area contributed by atoms with E-state index in [-0.39, 0.29) is 5.38 Å². The van der Waals surface area contributed by atoms with E-state index < -0.39 is 0 Å². The van der Waals surface area contributed by atoms with Crippen LogP contribution < -0.4 is 0 Å². The number of hydrogen-bond donors (Lipinski definition) is 0. The second-order valence-corrected chi connectivity index (χ2v) is 3.24. The molecule has 0 radical (unpaired) electrons. The van der Waals surface area contributed by atoms with Crippen molar-refractivity contribution in [2.24, 2.45) is 5.92 Å². The SMILES string of the molecule is CC1C=C(CC#N)C=CC1Cl. The van der Waals surface area contributed by atoms with Crippen molar-refractivity contribution < 1.29 is 0 Å². The summed E-state index contributed by atoms with van der Waals surface area (Å²) in [5.74, 6) is 0.352. The maximum absolute atomic E-state index is 8.41. The zero-order valence-corrected chi connectivity index (χ0v) is 7.17. The van der Waals surface area contributed by atoms with E-state index in [0.29, 0.717) is 12.3 Å². The van der Waals surface area contributed by atoms with Gasteiger partial charge in [0.15, 0.2) is 0 Å². The first-order valence-electron chi connectivity index (χ1n) is 3.64. The average Bonchev–Trinajstić information content (AvgIpc) is 1.98. The van der Waals surface area contributed by atoms with Crippen molar-refractivity contribution in [2.75, 3.05) is 0 Å². The van der Waals surface area contributed by atoms with Crippen LogP contribution in [-0.4, -0.2) is 5.38 Å². The average molecular weight is 168 g/mol. The van der Waals surface area contributed by atoms with E-state index in [2.05, 4.69) is 19.1 Å². The number of nitrogens with zero attached hydrogens (tertiary/aromatic N) is 1. The van der Waals surface area contributed by atoms with Crippen molar-refractivity contribution in [3.05, 3.63) is 23.8 Å². The van der Waals surface area contributed by atoms with Gasteiger partial charge in [0.2, 0.25) is 0 Å². The third-order valence-electron chi connectivity index (χ3n) is 1.76. The van der Waals surface area contributed by atoms with Gasteiger partial charge in [0, 0.05) is 0 Å². The van der Waals surface area contributed by atoms with Gasteiger partial charge in [-0.25, -0.2) is 0 Å². The van der Waals surface area contributed by atoms with Crippen LogP contribution in [0, 0.1) is 17.2 Å². The molecule has 0 fully saturated rings. The summed E-state index contributed by atoms with van der Waals surface area (Å²) in [4.78, 5) is 0. The predicted molar refractivity (Wildman–Crippen MR) is 46.3 cm³/mol. The zero-order valence-electron chi connectivity index (χ0n) is 6.42. The van der Waals surface area contributed by atoms with Crippen LogP contribution >= 0.6 is 11.6 Å². The van der Waals surface area contributed by atoms with Crippen LogP contribution in [0.3, 0.4) is 0 Å². The molecular weight excluding hydrogens is 158 g/mol. The number of hydrogen-bond acceptors (Lipinski definition) is 1. The second-order valence-electron chi connectivity index (χ2n) is 2.74. The van der Waals surface area contributed by atoms with Gasteiger partial charge in [0.05, 0.1) is 17.9 Å². The van der Waals surface area contributed by atoms with Gasteiger partial charge in [0.1, 0.15) is 0 Å². The number of nitriles is 1. The number of allylic oxidation sites excluding steroid dienone is 4. The molecule has 0 aromatic heterocycles. The Morgan fingerprint density at radius 3 is 3.00 bits per heavy atom. The monoisotopic (exact) mass is 167 g/mol. The van der Waals surface area contributed by atoms with Crippen molar-refractivity contribution >= 4 is 11.6 Å². The fourth-order valence-electron chi connectivity index (χ4n) is 1.09. The van der Waals surface area contributed by atoms with E-state index in [9.17, 15) is 0 Å². The third-order valence-corrected chi connectivity index (χ3v) is 2.30. The van der Waals surface area contributed by atoms with Crippen molar-refractivity contribution in [2.45, 2.75) is 18.7 Å². The lowest BCUT2D eigenvalue weighted by atomic mass is 9.96. The summed E-state index contributed by atoms with van der Waals surface area (Å²) in [6.07, 6.45) is 6.42. The molecule has 0 aromatic carbocycles. The molecule has 2 heteroatoms. The molecule has 2 atom stereocenters. The molecule has 0 saturated heterocycles. The molecule has 0 spiro atoms. The highest BCUT2D eigenvalue weighted by molar-refractivity contribution is 6.22. The van der Waals surface area contributed by atoms with Gasteiger partial charge in [-0.05, 0) is 11.5 Å². The minimum atomic E-state index is 0.0949. The zero-order chi connectivity index (χ0) is 8.27. The van der Waals surface area contributed by atoms with Crippen molar-refractivity contribution in [3.8, 4) is 6.07 Å². The Morgan fingerprint density at radius 2 is 2.45 bits per heavy atom. The first-order valence-corrected chi connectivity index (χ1v) is 4.07. The van der Waals surface area contributed by atoms with Gasteiger partial charge in [-0.3, -0.25) is 0 Å². The maximum atomic E-state index is 8.41. The topological polar surface area (TPSA) is 23.8 Å². The molecule has 11 heavy (non-hydrogen) atoms. The lowest BCUT2D eigenvalue weighted by molar-refractivity contribution is 0.734. The van der Waals surface area contributed by atoms with Crippen LogP contribution in [0.2, 0.25) is 0 Å². The third kappa shape index (κ3) is 2.10. The smallest absolute Gasteiger partial charge is 0.0669 e. The molecule has 0 saturated carbocycles. The Bertz CT molecular complexity index is 234. The molecule has 1 rings (SSSR count). The normalized spacial score (nSPS) is 29.4. The maximum Gasteiger partial charge on any atom is 0.0669 e. The minimum Gasteiger partial charge on any atom is -0.198 e. The molecule has 0 amide bonds. The number of alkyl halides is 1. The van der Waals surface area contributed by atoms with Gasteiger partial charge in [-0.2, -0.15) is 5.26 Å². The summed E-state index contributed by atoms with van der Waals surface area (Å²) in [5.41, 5.74) is 1.08. The summed E-state index contributed by atoms with van der Waals surface area (Å²) in [5, 5.41) is 8.51. The fourth-order valence-corrected chi connectivity index (χ4v) is 1.23. The van der Waals surface area contributed by atoms with Crippen LogP contribution in [0.25, 0.3) is 0 Å². The highest BCUT2D eigenvalue weighted by Crippen LogP contribution is 2.22. The first kappa shape index (κ1) is 8.36. The molecule has 1 aliphatic carbocycles. The van der Waals surface area contributed by atoms with E-state index in [1.54, 1.807) is 0 Å². The van der Waals surface area contributed by atoms with Gasteiger partial charge < -0.3 is 0 Å². The number of halogens is 1. The Balaban J connectivity index is 2.66. The predicted octanol–water partition coefficient (Wildman–Crippen LogP) is 2.64. The van der Waals surface area contributed by atoms with E-state index in [0.717, 1.165) is 5.57 Å². The molecule has 1 nitrogen and oxygen atoms in total. The largest absolute Gasteiger partial charge is 0.198 e. The highest BCUT2D eigenvalue weighted by Gasteiger charge is 2.12. The van der Waals surface area contributed by atoms with Gasteiger partial charge >= 0.3 is 0 Å². The molecule has 1 aliphatic rings. The van der Waals surface area contributed by atoms with Gasteiger partial charge in [-0.1, -0.05) is 25.2 Å². The van der Waals surface area contributed by atoms with Crippen molar-refractivity contribution in [1.82, 2.24) is 0 Å². The van der Waals surface area contributed by atoms with E-state index in [1.807, 2.05) is 12.2 Å². The van der Waals surface area contributed by atoms with Crippen molar-refractivity contribution in [3.63, 3.8) is 0 Å². The molecule has 0 aromatic rings. The second kappa shape index (κ2) is 3.59. The summed E-state index contributed by atoms with van der Waals surface area (Å²) in [6.45, 7) is 2.05. The molecule has 0 heterocycles. The van der Waals surface area contributed by atoms with Crippen LogP contribution in [0.4, 0.5) is 0 Å². The molecule has 0 N–H and O–H groups in total. The molecule has 2 unspecified atom stereocenters. The number of rotatable bonds is 1. The quantitative estimate of drug-likeness (QED) is 0.551. The van der Waals surface area contributed by atoms with Crippen LogP contribution in [0.15, 0.2) is 23.8 Å². The minimum absolute atomic E-state index is 0.0949. The fraction of sp³-hybridized carbons (Fsp3) is 0.444. The summed E-state index contributed by atoms with van der Waals surface area (Å²) < 4.78 is 0. The summed E-state index contributed by atoms with van der Waals surface area (Å²) in [7, 11) is 0. The van der Waals surface area contributed by atoms with Crippen LogP contribution in [0.5, 0.6) is 0 Å². The van der Waals surface area contributed by atoms with Crippen molar-refractivity contribution in [1.29, 1.82) is 5.26 Å².